The van der Waals surface area contributed by atoms with Gasteiger partial charge in [0.2, 0.25) is 0 Å². The fourth-order valence-electron chi connectivity index (χ4n) is 3.37. The van der Waals surface area contributed by atoms with E-state index < -0.39 is 0 Å². The van der Waals surface area contributed by atoms with Crippen LogP contribution in [-0.2, 0) is 0 Å². The molecule has 30 heavy (non-hydrogen) atoms. The monoisotopic (exact) mass is 395 g/mol. The zero-order chi connectivity index (χ0) is 20.5. The number of nitrogens with zero attached hydrogens (tertiary/aromatic N) is 4. The van der Waals surface area contributed by atoms with Gasteiger partial charge in [0.15, 0.2) is 5.65 Å². The second-order valence-electron chi connectivity index (χ2n) is 6.69. The van der Waals surface area contributed by atoms with E-state index in [9.17, 15) is 4.79 Å². The molecule has 0 amide bonds. The number of fused-ring (bicyclic) bond motifs is 1. The summed E-state index contributed by atoms with van der Waals surface area (Å²) < 4.78 is 8.95. The van der Waals surface area contributed by atoms with Gasteiger partial charge in [-0.2, -0.15) is 0 Å². The molecule has 0 bridgehead atoms. The molecule has 0 radical (unpaired) electrons. The van der Waals surface area contributed by atoms with Crippen LogP contribution in [0.1, 0.15) is 0 Å². The highest BCUT2D eigenvalue weighted by Gasteiger charge is 2.17. The van der Waals surface area contributed by atoms with Crippen LogP contribution in [0.25, 0.3) is 22.5 Å². The van der Waals surface area contributed by atoms with Crippen molar-refractivity contribution in [2.75, 3.05) is 5.73 Å². The molecule has 146 valence electrons. The predicted molar refractivity (Wildman–Crippen MR) is 115 cm³/mol. The molecular formula is C23H17N5O2. The molecule has 0 atom stereocenters. The average Bonchev–Trinajstić information content (AvgIpc) is 3.07. The molecule has 2 aromatic heterocycles. The molecule has 0 spiro atoms. The second-order valence-corrected chi connectivity index (χ2v) is 6.69. The van der Waals surface area contributed by atoms with Crippen molar-refractivity contribution >= 4 is 16.9 Å². The van der Waals surface area contributed by atoms with Gasteiger partial charge in [0.05, 0.1) is 17.6 Å². The van der Waals surface area contributed by atoms with Crippen molar-refractivity contribution in [2.24, 2.45) is 0 Å². The van der Waals surface area contributed by atoms with Crippen LogP contribution in [0, 0.1) is 0 Å². The minimum Gasteiger partial charge on any atom is -0.457 e. The molecule has 7 heteroatoms. The van der Waals surface area contributed by atoms with Crippen molar-refractivity contribution in [3.63, 3.8) is 0 Å². The highest BCUT2D eigenvalue weighted by molar-refractivity contribution is 5.75. The van der Waals surface area contributed by atoms with Crippen molar-refractivity contribution in [2.45, 2.75) is 0 Å². The van der Waals surface area contributed by atoms with Crippen LogP contribution in [0.4, 0.5) is 5.69 Å². The van der Waals surface area contributed by atoms with Crippen LogP contribution in [-0.4, -0.2) is 19.1 Å². The Balaban J connectivity index is 1.61. The van der Waals surface area contributed by atoms with Gasteiger partial charge in [0.1, 0.15) is 23.3 Å². The van der Waals surface area contributed by atoms with Crippen LogP contribution in [0.2, 0.25) is 0 Å². The SMILES string of the molecule is Nc1cccc(-n2c(=O)n(-c3ccc(Oc4ccccc4)cc3)c3cncnc32)c1. The van der Waals surface area contributed by atoms with E-state index in [0.29, 0.717) is 34.0 Å². The number of imidazole rings is 1. The number of nitrogens with two attached hydrogens (primary N) is 1. The third kappa shape index (κ3) is 3.08. The summed E-state index contributed by atoms with van der Waals surface area (Å²) in [4.78, 5) is 21.8. The zero-order valence-electron chi connectivity index (χ0n) is 15.8. The molecule has 2 heterocycles. The molecule has 7 nitrogen and oxygen atoms in total. The Morgan fingerprint density at radius 3 is 2.33 bits per heavy atom. The first kappa shape index (κ1) is 17.7. The van der Waals surface area contributed by atoms with Crippen LogP contribution >= 0.6 is 0 Å². The van der Waals surface area contributed by atoms with E-state index in [-0.39, 0.29) is 5.69 Å². The predicted octanol–water partition coefficient (Wildman–Crippen LogP) is 3.95. The molecule has 5 aromatic rings. The van der Waals surface area contributed by atoms with Crippen LogP contribution in [0.15, 0.2) is 96.2 Å². The molecule has 0 aliphatic carbocycles. The molecule has 0 saturated carbocycles. The molecular weight excluding hydrogens is 378 g/mol. The lowest BCUT2D eigenvalue weighted by Gasteiger charge is -2.07. The normalized spacial score (nSPS) is 10.9. The number of anilines is 1. The maximum atomic E-state index is 13.4. The van der Waals surface area contributed by atoms with E-state index in [1.165, 1.54) is 10.9 Å². The smallest absolute Gasteiger partial charge is 0.339 e. The van der Waals surface area contributed by atoms with Crippen molar-refractivity contribution in [1.29, 1.82) is 0 Å². The molecule has 2 N–H and O–H groups in total. The maximum absolute atomic E-state index is 13.4. The topological polar surface area (TPSA) is 88.0 Å². The van der Waals surface area contributed by atoms with Crippen molar-refractivity contribution in [3.8, 4) is 22.9 Å². The average molecular weight is 395 g/mol. The first-order valence-electron chi connectivity index (χ1n) is 9.33. The number of rotatable bonds is 4. The number of benzene rings is 3. The lowest BCUT2D eigenvalue weighted by atomic mass is 10.3. The number of para-hydroxylation sites is 1. The van der Waals surface area contributed by atoms with Gasteiger partial charge in [-0.1, -0.05) is 24.3 Å². The molecule has 0 saturated heterocycles. The summed E-state index contributed by atoms with van der Waals surface area (Å²) in [6.07, 6.45) is 3.05. The van der Waals surface area contributed by atoms with E-state index in [1.54, 1.807) is 29.0 Å². The first-order valence-corrected chi connectivity index (χ1v) is 9.33. The Labute approximate surface area is 171 Å². The number of nitrogen functional groups attached to an aromatic ring is 1. The van der Waals surface area contributed by atoms with Gasteiger partial charge < -0.3 is 10.5 Å². The first-order chi connectivity index (χ1) is 14.7. The summed E-state index contributed by atoms with van der Waals surface area (Å²) in [5.41, 5.74) is 8.66. The number of aromatic nitrogens is 4. The van der Waals surface area contributed by atoms with Crippen LogP contribution in [0.3, 0.4) is 0 Å². The Morgan fingerprint density at radius 2 is 1.57 bits per heavy atom. The minimum absolute atomic E-state index is 0.257. The Morgan fingerprint density at radius 1 is 0.800 bits per heavy atom. The molecule has 0 aliphatic heterocycles. The van der Waals surface area contributed by atoms with Gasteiger partial charge in [-0.25, -0.2) is 19.3 Å². The van der Waals surface area contributed by atoms with Gasteiger partial charge in [0.25, 0.3) is 0 Å². The van der Waals surface area contributed by atoms with E-state index in [1.807, 2.05) is 60.7 Å². The number of hydrogen-bond acceptors (Lipinski definition) is 5. The van der Waals surface area contributed by atoms with Gasteiger partial charge in [-0.3, -0.25) is 4.57 Å². The van der Waals surface area contributed by atoms with Gasteiger partial charge in [0, 0.05) is 5.69 Å². The van der Waals surface area contributed by atoms with E-state index in [0.717, 1.165) is 5.75 Å². The van der Waals surface area contributed by atoms with E-state index in [2.05, 4.69) is 9.97 Å². The third-order valence-corrected chi connectivity index (χ3v) is 4.71. The summed E-state index contributed by atoms with van der Waals surface area (Å²) >= 11 is 0. The summed E-state index contributed by atoms with van der Waals surface area (Å²) in [5, 5.41) is 0. The van der Waals surface area contributed by atoms with Crippen molar-refractivity contribution in [3.05, 3.63) is 102 Å². The largest absolute Gasteiger partial charge is 0.457 e. The van der Waals surface area contributed by atoms with E-state index in [4.69, 9.17) is 10.5 Å². The standard InChI is InChI=1S/C23H17N5O2/c24-16-5-4-6-18(13-16)28-22-21(14-25-15-26-22)27(23(28)29)17-9-11-20(12-10-17)30-19-7-2-1-3-8-19/h1-15H,24H2. The molecule has 3 aromatic carbocycles. The highest BCUT2D eigenvalue weighted by atomic mass is 16.5. The van der Waals surface area contributed by atoms with Crippen LogP contribution < -0.4 is 16.2 Å². The Hall–Kier alpha value is -4.39. The zero-order valence-corrected chi connectivity index (χ0v) is 15.8. The fourth-order valence-corrected chi connectivity index (χ4v) is 3.37. The van der Waals surface area contributed by atoms with Crippen LogP contribution in [0.5, 0.6) is 11.5 Å². The minimum atomic E-state index is -0.257. The third-order valence-electron chi connectivity index (χ3n) is 4.71. The summed E-state index contributed by atoms with van der Waals surface area (Å²) in [6.45, 7) is 0. The maximum Gasteiger partial charge on any atom is 0.339 e. The molecule has 5 rings (SSSR count). The van der Waals surface area contributed by atoms with Gasteiger partial charge in [-0.15, -0.1) is 0 Å². The van der Waals surface area contributed by atoms with Crippen molar-refractivity contribution < 1.29 is 4.74 Å². The second kappa shape index (κ2) is 7.21. The van der Waals surface area contributed by atoms with Gasteiger partial charge in [-0.05, 0) is 54.6 Å². The van der Waals surface area contributed by atoms with Crippen molar-refractivity contribution in [1.82, 2.24) is 19.1 Å². The molecule has 0 fully saturated rings. The Kier molecular flexibility index (Phi) is 4.25. The summed E-state index contributed by atoms with van der Waals surface area (Å²) in [6, 6.07) is 24.0. The summed E-state index contributed by atoms with van der Waals surface area (Å²) in [7, 11) is 0. The fraction of sp³-hybridized carbons (Fsp3) is 0. The molecule has 0 unspecified atom stereocenters. The lowest BCUT2D eigenvalue weighted by Crippen LogP contribution is -2.22. The van der Waals surface area contributed by atoms with Gasteiger partial charge >= 0.3 is 5.69 Å². The Bertz CT molecular complexity index is 1390. The quantitative estimate of drug-likeness (QED) is 0.466. The number of hydrogen-bond donors (Lipinski definition) is 1. The highest BCUT2D eigenvalue weighted by Crippen LogP contribution is 2.24. The van der Waals surface area contributed by atoms with E-state index >= 15 is 0 Å². The number of ether oxygens (including phenoxy) is 1. The molecule has 0 aliphatic rings. The lowest BCUT2D eigenvalue weighted by molar-refractivity contribution is 0.482. The summed E-state index contributed by atoms with van der Waals surface area (Å²) in [5.74, 6) is 1.42.